The van der Waals surface area contributed by atoms with Gasteiger partial charge in [-0.2, -0.15) is 0 Å². The van der Waals surface area contributed by atoms with Gasteiger partial charge in [-0.3, -0.25) is 9.78 Å². The first-order valence-corrected chi connectivity index (χ1v) is 13.1. The van der Waals surface area contributed by atoms with E-state index in [-0.39, 0.29) is 18.0 Å². The second-order valence-electron chi connectivity index (χ2n) is 9.22. The van der Waals surface area contributed by atoms with Crippen LogP contribution in [-0.4, -0.2) is 32.0 Å². The van der Waals surface area contributed by atoms with Crippen LogP contribution < -0.4 is 10.6 Å². The van der Waals surface area contributed by atoms with Crippen molar-refractivity contribution >= 4 is 28.9 Å². The van der Waals surface area contributed by atoms with Gasteiger partial charge in [-0.15, -0.1) is 0 Å². The van der Waals surface area contributed by atoms with E-state index >= 15 is 0 Å². The predicted molar refractivity (Wildman–Crippen MR) is 152 cm³/mol. The first-order valence-electron chi connectivity index (χ1n) is 12.7. The topological polar surface area (TPSA) is 62.2 Å². The SMILES string of the molecule is CCc1ccccc1NC(=O)CCN1C(=S)N[C@@H](c2ccccn2)[C@@H]1c1cccn1-c1ccccc1C. The van der Waals surface area contributed by atoms with Gasteiger partial charge in [0, 0.05) is 42.4 Å². The van der Waals surface area contributed by atoms with Gasteiger partial charge in [-0.1, -0.05) is 49.4 Å². The van der Waals surface area contributed by atoms with Crippen LogP contribution in [0.1, 0.15) is 47.9 Å². The maximum Gasteiger partial charge on any atom is 0.226 e. The molecule has 0 aliphatic carbocycles. The van der Waals surface area contributed by atoms with Crippen molar-refractivity contribution in [1.29, 1.82) is 0 Å². The Hall–Kier alpha value is -3.97. The maximum atomic E-state index is 13.0. The molecule has 3 heterocycles. The highest BCUT2D eigenvalue weighted by molar-refractivity contribution is 7.80. The molecule has 188 valence electrons. The van der Waals surface area contributed by atoms with Crippen molar-refractivity contribution in [2.24, 2.45) is 0 Å². The zero-order valence-electron chi connectivity index (χ0n) is 21.1. The molecule has 5 rings (SSSR count). The summed E-state index contributed by atoms with van der Waals surface area (Å²) in [5.74, 6) is -0.0296. The molecule has 0 radical (unpaired) electrons. The number of aromatic nitrogens is 2. The molecule has 0 bridgehead atoms. The summed E-state index contributed by atoms with van der Waals surface area (Å²) in [7, 11) is 0. The van der Waals surface area contributed by atoms with Crippen LogP contribution in [0.5, 0.6) is 0 Å². The summed E-state index contributed by atoms with van der Waals surface area (Å²) in [6.07, 6.45) is 5.07. The van der Waals surface area contributed by atoms with Gasteiger partial charge < -0.3 is 20.1 Å². The summed E-state index contributed by atoms with van der Waals surface area (Å²) in [4.78, 5) is 19.8. The average molecular weight is 510 g/mol. The van der Waals surface area contributed by atoms with Crippen LogP contribution in [0.2, 0.25) is 0 Å². The molecule has 37 heavy (non-hydrogen) atoms. The highest BCUT2D eigenvalue weighted by Crippen LogP contribution is 2.39. The minimum Gasteiger partial charge on any atom is -0.352 e. The number of carbonyl (C=O) groups excluding carboxylic acids is 1. The Morgan fingerprint density at radius 3 is 2.59 bits per heavy atom. The van der Waals surface area contributed by atoms with Gasteiger partial charge in [0.15, 0.2) is 5.11 Å². The molecule has 6 nitrogen and oxygen atoms in total. The van der Waals surface area contributed by atoms with Gasteiger partial charge >= 0.3 is 0 Å². The number of benzene rings is 2. The lowest BCUT2D eigenvalue weighted by atomic mass is 10.0. The number of aryl methyl sites for hydroxylation is 2. The lowest BCUT2D eigenvalue weighted by Gasteiger charge is -2.29. The number of rotatable bonds is 8. The first kappa shape index (κ1) is 24.7. The highest BCUT2D eigenvalue weighted by Gasteiger charge is 2.41. The third-order valence-electron chi connectivity index (χ3n) is 6.91. The Balaban J connectivity index is 1.45. The van der Waals surface area contributed by atoms with E-state index in [1.165, 1.54) is 5.56 Å². The third kappa shape index (κ3) is 5.13. The Morgan fingerprint density at radius 2 is 1.81 bits per heavy atom. The Kier molecular flexibility index (Phi) is 7.32. The monoisotopic (exact) mass is 509 g/mol. The molecular weight excluding hydrogens is 478 g/mol. The van der Waals surface area contributed by atoms with Crippen LogP contribution in [0.15, 0.2) is 91.3 Å². The number of hydrogen-bond donors (Lipinski definition) is 2. The fraction of sp³-hybridized carbons (Fsp3) is 0.233. The predicted octanol–water partition coefficient (Wildman–Crippen LogP) is 5.74. The van der Waals surface area contributed by atoms with E-state index in [1.807, 2.05) is 48.5 Å². The lowest BCUT2D eigenvalue weighted by molar-refractivity contribution is -0.116. The molecule has 4 aromatic rings. The van der Waals surface area contributed by atoms with Crippen LogP contribution in [0.4, 0.5) is 5.69 Å². The van der Waals surface area contributed by atoms with Crippen molar-refractivity contribution in [1.82, 2.24) is 19.8 Å². The van der Waals surface area contributed by atoms with Gasteiger partial charge in [-0.25, -0.2) is 0 Å². The lowest BCUT2D eigenvalue weighted by Crippen LogP contribution is -2.33. The second kappa shape index (κ2) is 11.0. The molecule has 1 amide bonds. The number of anilines is 1. The standard InChI is InChI=1S/C30H31N5OS/c1-3-22-12-5-6-13-23(22)32-27(36)17-20-35-29(28(33-30(35)37)24-14-8-9-18-31-24)26-16-10-19-34(26)25-15-7-4-11-21(25)2/h4-16,18-19,28-29H,3,17,20H2,1-2H3,(H,32,36)(H,33,37)/t28-,29-/m0/s1. The molecule has 1 aliphatic heterocycles. The molecule has 2 aromatic carbocycles. The van der Waals surface area contributed by atoms with Crippen molar-refractivity contribution in [2.75, 3.05) is 11.9 Å². The number of amides is 1. The smallest absolute Gasteiger partial charge is 0.226 e. The zero-order valence-corrected chi connectivity index (χ0v) is 21.9. The van der Waals surface area contributed by atoms with Crippen molar-refractivity contribution in [2.45, 2.75) is 38.8 Å². The molecule has 0 unspecified atom stereocenters. The molecule has 1 fully saturated rings. The number of para-hydroxylation sites is 2. The van der Waals surface area contributed by atoms with Crippen molar-refractivity contribution < 1.29 is 4.79 Å². The molecule has 0 saturated carbocycles. The molecule has 2 atom stereocenters. The molecular formula is C30H31N5OS. The Labute approximate surface area is 223 Å². The van der Waals surface area contributed by atoms with E-state index in [0.29, 0.717) is 18.1 Å². The molecule has 1 saturated heterocycles. The summed E-state index contributed by atoms with van der Waals surface area (Å²) in [5, 5.41) is 7.21. The van der Waals surface area contributed by atoms with E-state index in [4.69, 9.17) is 12.2 Å². The van der Waals surface area contributed by atoms with Crippen molar-refractivity contribution in [3.05, 3.63) is 114 Å². The number of pyridine rings is 1. The average Bonchev–Trinajstić information content (AvgIpc) is 3.52. The number of carbonyl (C=O) groups is 1. The van der Waals surface area contributed by atoms with Crippen LogP contribution in [0.25, 0.3) is 5.69 Å². The summed E-state index contributed by atoms with van der Waals surface area (Å²) < 4.78 is 2.22. The molecule has 2 aromatic heterocycles. The number of nitrogens with one attached hydrogen (secondary N) is 2. The second-order valence-corrected chi connectivity index (χ2v) is 9.61. The van der Waals surface area contributed by atoms with E-state index in [2.05, 4.69) is 75.5 Å². The summed E-state index contributed by atoms with van der Waals surface area (Å²) >= 11 is 5.82. The number of nitrogens with zero attached hydrogens (tertiary/aromatic N) is 3. The highest BCUT2D eigenvalue weighted by atomic mass is 32.1. The summed E-state index contributed by atoms with van der Waals surface area (Å²) in [5.41, 5.74) is 6.30. The van der Waals surface area contributed by atoms with Crippen LogP contribution in [0.3, 0.4) is 0 Å². The van der Waals surface area contributed by atoms with E-state index in [9.17, 15) is 4.79 Å². The minimum atomic E-state index is -0.143. The van der Waals surface area contributed by atoms with Crippen LogP contribution in [0, 0.1) is 6.92 Å². The Morgan fingerprint density at radius 1 is 1.03 bits per heavy atom. The molecule has 2 N–H and O–H groups in total. The minimum absolute atomic E-state index is 0.0296. The van der Waals surface area contributed by atoms with Crippen LogP contribution in [-0.2, 0) is 11.2 Å². The molecule has 0 spiro atoms. The zero-order chi connectivity index (χ0) is 25.8. The summed E-state index contributed by atoms with van der Waals surface area (Å²) in [6, 6.07) is 26.1. The molecule has 1 aliphatic rings. The fourth-order valence-electron chi connectivity index (χ4n) is 5.04. The van der Waals surface area contributed by atoms with Gasteiger partial charge in [0.05, 0.1) is 17.8 Å². The largest absolute Gasteiger partial charge is 0.352 e. The molecule has 7 heteroatoms. The normalized spacial score (nSPS) is 17.0. The van der Waals surface area contributed by atoms with Gasteiger partial charge in [0.1, 0.15) is 0 Å². The quantitative estimate of drug-likeness (QED) is 0.297. The fourth-order valence-corrected chi connectivity index (χ4v) is 5.37. The van der Waals surface area contributed by atoms with Crippen molar-refractivity contribution in [3.8, 4) is 5.69 Å². The summed E-state index contributed by atoms with van der Waals surface area (Å²) in [6.45, 7) is 4.69. The van der Waals surface area contributed by atoms with E-state index in [0.717, 1.165) is 34.7 Å². The Bertz CT molecular complexity index is 1400. The van der Waals surface area contributed by atoms with Crippen LogP contribution >= 0.6 is 12.2 Å². The van der Waals surface area contributed by atoms with Crippen molar-refractivity contribution in [3.63, 3.8) is 0 Å². The van der Waals surface area contributed by atoms with Gasteiger partial charge in [0.2, 0.25) is 5.91 Å². The third-order valence-corrected chi connectivity index (χ3v) is 7.26. The first-order chi connectivity index (χ1) is 18.1. The van der Waals surface area contributed by atoms with Gasteiger partial charge in [-0.05, 0) is 73.1 Å². The maximum absolute atomic E-state index is 13.0. The van der Waals surface area contributed by atoms with E-state index < -0.39 is 0 Å². The van der Waals surface area contributed by atoms with E-state index in [1.54, 1.807) is 6.20 Å². The number of hydrogen-bond acceptors (Lipinski definition) is 3. The van der Waals surface area contributed by atoms with Gasteiger partial charge in [0.25, 0.3) is 0 Å². The number of thiocarbonyl (C=S) groups is 1.